The molecule has 3 nitrogen and oxygen atoms in total. The number of fused-ring (bicyclic) bond motifs is 13. The van der Waals surface area contributed by atoms with Crippen LogP contribution in [0, 0.1) is 0 Å². The Morgan fingerprint density at radius 1 is 0.674 bits per heavy atom. The molecule has 4 aliphatic rings. The zero-order valence-electron chi connectivity index (χ0n) is 24.7. The van der Waals surface area contributed by atoms with Gasteiger partial charge in [-0.15, -0.1) is 0 Å². The van der Waals surface area contributed by atoms with E-state index in [1.807, 2.05) is 13.8 Å². The lowest BCUT2D eigenvalue weighted by atomic mass is 9.87. The predicted octanol–water partition coefficient (Wildman–Crippen LogP) is 9.15. The maximum absolute atomic E-state index is 5.34. The van der Waals surface area contributed by atoms with E-state index in [2.05, 4.69) is 139 Å². The molecule has 0 unspecified atom stereocenters. The van der Waals surface area contributed by atoms with Gasteiger partial charge in [-0.2, -0.15) is 0 Å². The highest BCUT2D eigenvalue weighted by atomic mass is 15.7. The molecule has 3 aliphatic carbocycles. The van der Waals surface area contributed by atoms with Gasteiger partial charge in [0, 0.05) is 22.3 Å². The Hall–Kier alpha value is -4.83. The molecule has 1 aromatic heterocycles. The predicted molar refractivity (Wildman–Crippen MR) is 179 cm³/mol. The van der Waals surface area contributed by atoms with Crippen LogP contribution in [0.5, 0.6) is 0 Å². The number of benzene rings is 4. The molecule has 1 saturated heterocycles. The highest BCUT2D eigenvalue weighted by molar-refractivity contribution is 5.95. The molecule has 4 aromatic carbocycles. The average molecular weight is 556 g/mol. The van der Waals surface area contributed by atoms with Gasteiger partial charge in [-0.25, -0.2) is 15.8 Å². The summed E-state index contributed by atoms with van der Waals surface area (Å²) in [5.74, 6) is 0. The lowest BCUT2D eigenvalue weighted by Crippen LogP contribution is -2.12. The third-order valence-electron chi connectivity index (χ3n) is 9.12. The molecule has 208 valence electrons. The van der Waals surface area contributed by atoms with Crippen LogP contribution in [-0.2, 0) is 12.1 Å². The normalized spacial score (nSPS) is 17.8. The number of hydrogen-bond acceptors (Lipinski definition) is 3. The number of aromatic nitrogens is 1. The van der Waals surface area contributed by atoms with E-state index in [9.17, 15) is 0 Å². The first-order valence-corrected chi connectivity index (χ1v) is 15.3. The van der Waals surface area contributed by atoms with Crippen LogP contribution in [0.15, 0.2) is 115 Å². The molecule has 2 N–H and O–H groups in total. The molecule has 43 heavy (non-hydrogen) atoms. The smallest absolute Gasteiger partial charge is 0.149 e. The number of pyridine rings is 1. The minimum absolute atomic E-state index is 0.296. The van der Waals surface area contributed by atoms with Crippen molar-refractivity contribution in [2.24, 2.45) is 0 Å². The lowest BCUT2D eigenvalue weighted by molar-refractivity contribution is 0.818. The van der Waals surface area contributed by atoms with Crippen molar-refractivity contribution in [3.63, 3.8) is 0 Å². The zero-order chi connectivity index (χ0) is 29.1. The molecule has 1 fully saturated rings. The van der Waals surface area contributed by atoms with E-state index in [-0.39, 0.29) is 5.66 Å². The van der Waals surface area contributed by atoms with E-state index in [4.69, 9.17) is 4.98 Å². The second-order valence-corrected chi connectivity index (χ2v) is 11.4. The van der Waals surface area contributed by atoms with Crippen molar-refractivity contribution in [1.82, 2.24) is 15.8 Å². The summed E-state index contributed by atoms with van der Waals surface area (Å²) in [5.41, 5.74) is 24.9. The molecule has 0 saturated carbocycles. The van der Waals surface area contributed by atoms with Crippen LogP contribution in [-0.4, -0.2) is 4.98 Å². The molecule has 0 atom stereocenters. The zero-order valence-corrected chi connectivity index (χ0v) is 24.7. The lowest BCUT2D eigenvalue weighted by Gasteiger charge is -2.17. The largest absolute Gasteiger partial charge is 0.247 e. The van der Waals surface area contributed by atoms with E-state index in [0.717, 1.165) is 17.8 Å². The van der Waals surface area contributed by atoms with Gasteiger partial charge in [0.05, 0.1) is 11.4 Å². The molecule has 9 rings (SSSR count). The third-order valence-corrected chi connectivity index (χ3v) is 9.12. The van der Waals surface area contributed by atoms with Crippen molar-refractivity contribution in [2.45, 2.75) is 32.9 Å². The van der Waals surface area contributed by atoms with E-state index in [1.54, 1.807) is 0 Å². The fourth-order valence-corrected chi connectivity index (χ4v) is 7.05. The van der Waals surface area contributed by atoms with Crippen LogP contribution in [0.1, 0.15) is 59.8 Å². The van der Waals surface area contributed by atoms with Crippen LogP contribution in [0.25, 0.3) is 50.7 Å². The summed E-state index contributed by atoms with van der Waals surface area (Å²) in [7, 11) is 0. The Bertz CT molecular complexity index is 2040. The minimum atomic E-state index is -0.296. The van der Waals surface area contributed by atoms with Gasteiger partial charge in [0.15, 0.2) is 0 Å². The quantitative estimate of drug-likeness (QED) is 0.203. The molecular weight excluding hydrogens is 522 g/mol. The van der Waals surface area contributed by atoms with E-state index < -0.39 is 0 Å². The monoisotopic (exact) mass is 555 g/mol. The average Bonchev–Trinajstić information content (AvgIpc) is 3.84. The Balaban J connectivity index is 0.00000136. The standard InChI is InChI=1S/C38H27N3.C2H6/c1-23-9-8-10-24-21-25(27-12-3-2-11-26(23)27)22-33-28(24)17-18-31(29-13-4-5-14-30(29)33)36-20-19-35-37(39-36)32-15-6-7-16-34(32)38(35)40-41-38;1-2/h2-16,18-22,40-41H,17H2,1H3;1-2H3/b10-8-,23-9+;. The van der Waals surface area contributed by atoms with Gasteiger partial charge in [-0.3, -0.25) is 0 Å². The third kappa shape index (κ3) is 3.86. The minimum Gasteiger partial charge on any atom is -0.247 e. The number of rotatable bonds is 1. The van der Waals surface area contributed by atoms with Crippen LogP contribution < -0.4 is 10.9 Å². The topological polar surface area (TPSA) is 56.8 Å². The highest BCUT2D eigenvalue weighted by Gasteiger charge is 2.53. The SMILES string of the molecule is C/C1=C\C=C/c2cc(cc3c2CC=C(c2ccc4c(n2)-c2ccccc2C42NN2)c2ccccc2-3)-c2ccccc21.CC. The first-order valence-electron chi connectivity index (χ1n) is 15.3. The van der Waals surface area contributed by atoms with Crippen molar-refractivity contribution >= 4 is 17.2 Å². The van der Waals surface area contributed by atoms with Gasteiger partial charge in [-0.1, -0.05) is 117 Å². The highest BCUT2D eigenvalue weighted by Crippen LogP contribution is 2.50. The summed E-state index contributed by atoms with van der Waals surface area (Å²) in [5, 5.41) is 0. The maximum atomic E-state index is 5.34. The Morgan fingerprint density at radius 2 is 1.37 bits per heavy atom. The van der Waals surface area contributed by atoms with Gasteiger partial charge in [0.25, 0.3) is 0 Å². The molecule has 2 bridgehead atoms. The fraction of sp³-hybridized carbons (Fsp3) is 0.125. The van der Waals surface area contributed by atoms with E-state index in [0.29, 0.717) is 0 Å². The van der Waals surface area contributed by atoms with E-state index >= 15 is 0 Å². The summed E-state index contributed by atoms with van der Waals surface area (Å²) >= 11 is 0. The fourth-order valence-electron chi connectivity index (χ4n) is 7.05. The van der Waals surface area contributed by atoms with Crippen LogP contribution >= 0.6 is 0 Å². The van der Waals surface area contributed by atoms with Gasteiger partial charge in [0.1, 0.15) is 5.66 Å². The van der Waals surface area contributed by atoms with Crippen LogP contribution in [0.3, 0.4) is 0 Å². The van der Waals surface area contributed by atoms with Crippen molar-refractivity contribution in [2.75, 3.05) is 0 Å². The maximum Gasteiger partial charge on any atom is 0.149 e. The number of hydrazine groups is 1. The number of hydrogen-bond donors (Lipinski definition) is 2. The van der Waals surface area contributed by atoms with Gasteiger partial charge in [0.2, 0.25) is 0 Å². The van der Waals surface area contributed by atoms with Gasteiger partial charge < -0.3 is 0 Å². The second kappa shape index (κ2) is 9.88. The summed E-state index contributed by atoms with van der Waals surface area (Å²) in [4.78, 5) is 5.34. The molecule has 0 radical (unpaired) electrons. The molecule has 2 heterocycles. The number of nitrogens with one attached hydrogen (secondary N) is 2. The summed E-state index contributed by atoms with van der Waals surface area (Å²) < 4.78 is 0. The van der Waals surface area contributed by atoms with Crippen molar-refractivity contribution in [1.29, 1.82) is 0 Å². The Labute approximate surface area is 253 Å². The van der Waals surface area contributed by atoms with Gasteiger partial charge >= 0.3 is 0 Å². The Morgan fingerprint density at radius 3 is 2.16 bits per heavy atom. The molecule has 3 heteroatoms. The number of allylic oxidation sites excluding steroid dienone is 4. The van der Waals surface area contributed by atoms with Crippen molar-refractivity contribution < 1.29 is 0 Å². The summed E-state index contributed by atoms with van der Waals surface area (Å²) in [6.45, 7) is 6.20. The summed E-state index contributed by atoms with van der Waals surface area (Å²) in [6.07, 6.45) is 9.93. The second-order valence-electron chi connectivity index (χ2n) is 11.4. The first kappa shape index (κ1) is 25.8. The van der Waals surface area contributed by atoms with Crippen molar-refractivity contribution in [3.8, 4) is 33.5 Å². The molecule has 1 spiro atoms. The van der Waals surface area contributed by atoms with Crippen LogP contribution in [0.4, 0.5) is 0 Å². The first-order chi connectivity index (χ1) is 21.2. The number of nitrogens with zero attached hydrogens (tertiary/aromatic N) is 1. The van der Waals surface area contributed by atoms with Crippen molar-refractivity contribution in [3.05, 3.63) is 154 Å². The molecular formula is C40H33N3. The molecule has 5 aromatic rings. The molecule has 1 aliphatic heterocycles. The van der Waals surface area contributed by atoms with Gasteiger partial charge in [-0.05, 0) is 81.6 Å². The molecule has 0 amide bonds. The van der Waals surface area contributed by atoms with E-state index in [1.165, 1.54) is 72.3 Å². The summed E-state index contributed by atoms with van der Waals surface area (Å²) in [6, 6.07) is 35.4. The van der Waals surface area contributed by atoms with Crippen LogP contribution in [0.2, 0.25) is 0 Å². The Kier molecular flexibility index (Phi) is 5.94.